The third-order valence-electron chi connectivity index (χ3n) is 10.7. The second kappa shape index (κ2) is 8.12. The second-order valence-corrected chi connectivity index (χ2v) is 12.9. The quantitative estimate of drug-likeness (QED) is 0.687. The largest absolute Gasteiger partial charge is 0.461 e. The number of aromatic nitrogens is 2. The minimum absolute atomic E-state index is 0.177. The summed E-state index contributed by atoms with van der Waals surface area (Å²) in [7, 11) is 0. The number of rotatable bonds is 4. The van der Waals surface area contributed by atoms with Gasteiger partial charge in [0.1, 0.15) is 18.6 Å². The number of nitrogens with zero attached hydrogens (tertiary/aromatic N) is 4. The lowest BCUT2D eigenvalue weighted by atomic mass is 9.69. The highest BCUT2D eigenvalue weighted by Gasteiger charge is 2.50. The van der Waals surface area contributed by atoms with Gasteiger partial charge < -0.3 is 15.0 Å². The number of piperazine rings is 1. The molecule has 0 radical (unpaired) electrons. The van der Waals surface area contributed by atoms with Crippen LogP contribution >= 0.6 is 0 Å². The van der Waals surface area contributed by atoms with Crippen molar-refractivity contribution in [3.05, 3.63) is 46.1 Å². The molecule has 2 aromatic rings. The topological polar surface area (TPSA) is 53.5 Å². The molecule has 196 valence electrons. The van der Waals surface area contributed by atoms with E-state index in [-0.39, 0.29) is 11.0 Å². The molecule has 6 heterocycles. The molecule has 6 nitrogen and oxygen atoms in total. The predicted molar refractivity (Wildman–Crippen MR) is 141 cm³/mol. The van der Waals surface area contributed by atoms with Gasteiger partial charge in [-0.15, -0.1) is 0 Å². The van der Waals surface area contributed by atoms with Gasteiger partial charge in [-0.1, -0.05) is 18.2 Å². The van der Waals surface area contributed by atoms with Crippen LogP contribution in [0.2, 0.25) is 0 Å². The van der Waals surface area contributed by atoms with E-state index >= 15 is 0 Å². The third-order valence-corrected chi connectivity index (χ3v) is 10.7. The standard InChI is InChI=1S/C30H38FN5O/c1-19-4-2-5-25-23(19)6-9-29(25)10-7-24-26(14-29)33-28(34-27(24)35-16-21-12-22(17-35)32-21)37-18-30-8-3-11-36(30)15-20(31)13-30/h2,4-5,20-22,32H,3,6-18H2,1H3/t20-,21?,22?,29?,30+/m1/s1. The summed E-state index contributed by atoms with van der Waals surface area (Å²) in [5.74, 6) is 1.10. The summed E-state index contributed by atoms with van der Waals surface area (Å²) in [4.78, 5) is 15.0. The maximum absolute atomic E-state index is 14.4. The summed E-state index contributed by atoms with van der Waals surface area (Å²) in [6, 6.07) is 8.50. The normalized spacial score (nSPS) is 35.8. The molecule has 5 saturated heterocycles. The third kappa shape index (κ3) is 3.49. The van der Waals surface area contributed by atoms with E-state index in [4.69, 9.17) is 14.7 Å². The van der Waals surface area contributed by atoms with E-state index < -0.39 is 6.17 Å². The lowest BCUT2D eigenvalue weighted by Crippen LogP contribution is -2.67. The Morgan fingerprint density at radius 2 is 1.89 bits per heavy atom. The highest BCUT2D eigenvalue weighted by molar-refractivity contribution is 5.55. The van der Waals surface area contributed by atoms with Crippen molar-refractivity contribution >= 4 is 5.82 Å². The lowest BCUT2D eigenvalue weighted by molar-refractivity contribution is 0.107. The van der Waals surface area contributed by atoms with Gasteiger partial charge in [-0.05, 0) is 81.5 Å². The van der Waals surface area contributed by atoms with E-state index in [1.165, 1.54) is 42.5 Å². The maximum Gasteiger partial charge on any atom is 0.318 e. The van der Waals surface area contributed by atoms with Gasteiger partial charge in [0.2, 0.25) is 0 Å². The van der Waals surface area contributed by atoms with Gasteiger partial charge >= 0.3 is 6.01 Å². The fraction of sp³-hybridized carbons (Fsp3) is 0.667. The molecule has 0 saturated carbocycles. The lowest BCUT2D eigenvalue weighted by Gasteiger charge is -2.49. The van der Waals surface area contributed by atoms with Crippen LogP contribution in [0.3, 0.4) is 0 Å². The van der Waals surface area contributed by atoms with Gasteiger partial charge in [-0.3, -0.25) is 4.90 Å². The molecule has 0 amide bonds. The number of anilines is 1. The Hall–Kier alpha value is -2.25. The molecular formula is C30H38FN5O. The van der Waals surface area contributed by atoms with Crippen LogP contribution in [0.4, 0.5) is 10.2 Å². The number of alkyl halides is 1. The van der Waals surface area contributed by atoms with E-state index in [0.717, 1.165) is 51.1 Å². The van der Waals surface area contributed by atoms with Gasteiger partial charge in [0.25, 0.3) is 0 Å². The Bertz CT molecular complexity index is 1240. The summed E-state index contributed by atoms with van der Waals surface area (Å²) >= 11 is 0. The first-order valence-electron chi connectivity index (χ1n) is 14.5. The highest BCUT2D eigenvalue weighted by atomic mass is 19.1. The van der Waals surface area contributed by atoms with Crippen LogP contribution in [0.1, 0.15) is 66.5 Å². The Kier molecular flexibility index (Phi) is 4.99. The number of halogens is 1. The van der Waals surface area contributed by atoms with Gasteiger partial charge in [0.05, 0.1) is 11.2 Å². The van der Waals surface area contributed by atoms with E-state index in [9.17, 15) is 4.39 Å². The molecule has 5 fully saturated rings. The number of piperidine rings is 1. The number of benzene rings is 1. The van der Waals surface area contributed by atoms with Crippen molar-refractivity contribution in [2.75, 3.05) is 37.7 Å². The number of ether oxygens (including phenoxy) is 1. The SMILES string of the molecule is Cc1cccc2c1CCC21CCc2c(nc(OC[C@@]34CCCN3C[C@H](F)C4)nc2N2CC3CC(C2)N3)C1. The number of nitrogens with one attached hydrogen (secondary N) is 1. The summed E-state index contributed by atoms with van der Waals surface area (Å²) in [6.07, 6.45) is 8.76. The van der Waals surface area contributed by atoms with Crippen LogP contribution in [-0.2, 0) is 24.7 Å². The molecule has 3 unspecified atom stereocenters. The average Bonchev–Trinajstić information content (AvgIpc) is 3.53. The molecule has 1 N–H and O–H groups in total. The van der Waals surface area contributed by atoms with E-state index in [1.54, 1.807) is 11.1 Å². The van der Waals surface area contributed by atoms with Crippen molar-refractivity contribution < 1.29 is 9.13 Å². The molecule has 2 bridgehead atoms. The fourth-order valence-electron chi connectivity index (χ4n) is 8.80. The Labute approximate surface area is 219 Å². The first-order valence-corrected chi connectivity index (χ1v) is 14.5. The van der Waals surface area contributed by atoms with Gasteiger partial charge in [-0.25, -0.2) is 4.39 Å². The smallest absolute Gasteiger partial charge is 0.318 e. The molecule has 7 heteroatoms. The van der Waals surface area contributed by atoms with Gasteiger partial charge in [0.15, 0.2) is 0 Å². The molecule has 1 aromatic carbocycles. The van der Waals surface area contributed by atoms with Crippen molar-refractivity contribution in [1.29, 1.82) is 0 Å². The number of aryl methyl sites for hydroxylation is 1. The van der Waals surface area contributed by atoms with Crippen LogP contribution in [-0.4, -0.2) is 71.4 Å². The number of hydrogen-bond acceptors (Lipinski definition) is 6. The summed E-state index contributed by atoms with van der Waals surface area (Å²) < 4.78 is 20.8. The van der Waals surface area contributed by atoms with Crippen LogP contribution in [0.15, 0.2) is 18.2 Å². The van der Waals surface area contributed by atoms with Crippen LogP contribution < -0.4 is 15.0 Å². The summed E-state index contributed by atoms with van der Waals surface area (Å²) in [6.45, 7) is 6.29. The summed E-state index contributed by atoms with van der Waals surface area (Å²) in [5.41, 5.74) is 7.05. The Morgan fingerprint density at radius 1 is 1.08 bits per heavy atom. The van der Waals surface area contributed by atoms with Gasteiger partial charge in [-0.2, -0.15) is 9.97 Å². The molecule has 1 aromatic heterocycles. The first kappa shape index (κ1) is 22.7. The Balaban J connectivity index is 1.14. The summed E-state index contributed by atoms with van der Waals surface area (Å²) in [5, 5.41) is 3.66. The van der Waals surface area contributed by atoms with E-state index in [0.29, 0.717) is 37.7 Å². The number of hydrogen-bond donors (Lipinski definition) is 1. The number of fused-ring (bicyclic) bond motifs is 6. The molecule has 5 atom stereocenters. The highest BCUT2D eigenvalue weighted by Crippen LogP contribution is 2.50. The van der Waals surface area contributed by atoms with E-state index in [2.05, 4.69) is 40.2 Å². The van der Waals surface area contributed by atoms with Crippen molar-refractivity contribution in [2.24, 2.45) is 0 Å². The zero-order chi connectivity index (χ0) is 24.8. The molecule has 5 aliphatic heterocycles. The zero-order valence-corrected chi connectivity index (χ0v) is 21.9. The molecule has 37 heavy (non-hydrogen) atoms. The molecule has 9 rings (SSSR count). The van der Waals surface area contributed by atoms with Crippen molar-refractivity contribution in [3.8, 4) is 6.01 Å². The first-order chi connectivity index (χ1) is 18.0. The zero-order valence-electron chi connectivity index (χ0n) is 21.9. The molecular weight excluding hydrogens is 465 g/mol. The molecule has 2 aliphatic carbocycles. The fourth-order valence-corrected chi connectivity index (χ4v) is 8.80. The van der Waals surface area contributed by atoms with Crippen molar-refractivity contribution in [1.82, 2.24) is 20.2 Å². The van der Waals surface area contributed by atoms with Gasteiger partial charge in [0, 0.05) is 49.1 Å². The maximum atomic E-state index is 14.4. The minimum Gasteiger partial charge on any atom is -0.461 e. The van der Waals surface area contributed by atoms with Crippen LogP contribution in [0.5, 0.6) is 6.01 Å². The van der Waals surface area contributed by atoms with Crippen LogP contribution in [0, 0.1) is 6.92 Å². The minimum atomic E-state index is -0.748. The van der Waals surface area contributed by atoms with E-state index in [1.807, 2.05) is 0 Å². The van der Waals surface area contributed by atoms with Crippen molar-refractivity contribution in [3.63, 3.8) is 0 Å². The molecule has 7 aliphatic rings. The second-order valence-electron chi connectivity index (χ2n) is 12.9. The Morgan fingerprint density at radius 3 is 2.73 bits per heavy atom. The average molecular weight is 504 g/mol. The monoisotopic (exact) mass is 503 g/mol. The predicted octanol–water partition coefficient (Wildman–Crippen LogP) is 3.66. The van der Waals surface area contributed by atoms with Crippen LogP contribution in [0.25, 0.3) is 0 Å². The molecule has 1 spiro atoms. The van der Waals surface area contributed by atoms with Crippen molar-refractivity contribution in [2.45, 2.75) is 93.9 Å².